The third-order valence-electron chi connectivity index (χ3n) is 5.11. The number of nitrogens with zero attached hydrogens (tertiary/aromatic N) is 2. The number of hydrogen-bond acceptors (Lipinski definition) is 5. The Bertz CT molecular complexity index is 1100. The van der Waals surface area contributed by atoms with E-state index in [4.69, 9.17) is 9.47 Å². The van der Waals surface area contributed by atoms with Gasteiger partial charge < -0.3 is 20.1 Å². The van der Waals surface area contributed by atoms with E-state index in [-0.39, 0.29) is 18.2 Å². The average Bonchev–Trinajstić information content (AvgIpc) is 3.10. The molecule has 2 aromatic carbocycles. The molecule has 2 heterocycles. The number of fused-ring (bicyclic) bond motifs is 1. The molecule has 0 saturated carbocycles. The van der Waals surface area contributed by atoms with E-state index in [0.29, 0.717) is 22.9 Å². The highest BCUT2D eigenvalue weighted by Crippen LogP contribution is 2.35. The van der Waals surface area contributed by atoms with E-state index >= 15 is 0 Å². The highest BCUT2D eigenvalue weighted by molar-refractivity contribution is 6.02. The van der Waals surface area contributed by atoms with Crippen LogP contribution < -0.4 is 20.1 Å². The molecule has 0 radical (unpaired) electrons. The molecular weight excluding hydrogens is 384 g/mol. The third kappa shape index (κ3) is 3.47. The number of amides is 2. The molecule has 1 aromatic heterocycles. The summed E-state index contributed by atoms with van der Waals surface area (Å²) < 4.78 is 12.1. The largest absolute Gasteiger partial charge is 0.497 e. The van der Waals surface area contributed by atoms with Gasteiger partial charge in [0, 0.05) is 11.1 Å². The maximum Gasteiger partial charge on any atom is 0.249 e. The summed E-state index contributed by atoms with van der Waals surface area (Å²) in [7, 11) is 3.14. The molecule has 0 fully saturated rings. The van der Waals surface area contributed by atoms with Crippen molar-refractivity contribution in [2.24, 2.45) is 0 Å². The van der Waals surface area contributed by atoms with Crippen LogP contribution in [-0.2, 0) is 9.59 Å². The molecule has 0 unspecified atom stereocenters. The fourth-order valence-corrected chi connectivity index (χ4v) is 3.53. The van der Waals surface area contributed by atoms with Gasteiger partial charge in [-0.25, -0.2) is 4.68 Å². The number of carbonyl (C=O) groups excluding carboxylic acids is 2. The summed E-state index contributed by atoms with van der Waals surface area (Å²) >= 11 is 0. The summed E-state index contributed by atoms with van der Waals surface area (Å²) in [6.45, 7) is 1.87. The van der Waals surface area contributed by atoms with Crippen LogP contribution in [0.2, 0.25) is 0 Å². The number of nitrogens with one attached hydrogen (secondary N) is 2. The molecule has 1 aliphatic heterocycles. The molecule has 3 aromatic rings. The number of benzene rings is 2. The predicted molar refractivity (Wildman–Crippen MR) is 113 cm³/mol. The van der Waals surface area contributed by atoms with Crippen LogP contribution in [0.15, 0.2) is 48.5 Å². The van der Waals surface area contributed by atoms with Crippen molar-refractivity contribution in [2.45, 2.75) is 19.4 Å². The minimum Gasteiger partial charge on any atom is -0.497 e. The molecule has 2 N–H and O–H groups in total. The van der Waals surface area contributed by atoms with Gasteiger partial charge in [0.25, 0.3) is 0 Å². The molecule has 8 heteroatoms. The van der Waals surface area contributed by atoms with Crippen molar-refractivity contribution in [1.82, 2.24) is 9.78 Å². The first-order valence-corrected chi connectivity index (χ1v) is 9.49. The Morgan fingerprint density at radius 2 is 1.87 bits per heavy atom. The predicted octanol–water partition coefficient (Wildman–Crippen LogP) is 3.40. The van der Waals surface area contributed by atoms with E-state index < -0.39 is 6.04 Å². The molecule has 154 valence electrons. The lowest BCUT2D eigenvalue weighted by atomic mass is 10.1. The second-order valence-corrected chi connectivity index (χ2v) is 6.95. The number of para-hydroxylation sites is 2. The smallest absolute Gasteiger partial charge is 0.249 e. The van der Waals surface area contributed by atoms with Crippen LogP contribution in [0, 0.1) is 6.92 Å². The summed E-state index contributed by atoms with van der Waals surface area (Å²) in [5, 5.41) is 10.4. The average molecular weight is 406 g/mol. The third-order valence-corrected chi connectivity index (χ3v) is 5.11. The minimum atomic E-state index is -0.774. The number of methoxy groups -OCH3 is 2. The van der Waals surface area contributed by atoms with Crippen LogP contribution in [0.1, 0.15) is 18.0 Å². The topological polar surface area (TPSA) is 94.5 Å². The monoisotopic (exact) mass is 406 g/mol. The molecule has 1 aliphatic rings. The van der Waals surface area contributed by atoms with Crippen LogP contribution in [0.3, 0.4) is 0 Å². The highest BCUT2D eigenvalue weighted by atomic mass is 16.5. The Morgan fingerprint density at radius 1 is 1.13 bits per heavy atom. The molecule has 1 atom stereocenters. The van der Waals surface area contributed by atoms with Crippen molar-refractivity contribution in [3.63, 3.8) is 0 Å². The number of anilines is 2. The van der Waals surface area contributed by atoms with Crippen molar-refractivity contribution in [3.05, 3.63) is 54.1 Å². The number of rotatable bonds is 5. The molecule has 8 nitrogen and oxygen atoms in total. The molecule has 0 saturated heterocycles. The molecule has 0 bridgehead atoms. The van der Waals surface area contributed by atoms with Gasteiger partial charge in [-0.15, -0.1) is 0 Å². The number of aromatic nitrogens is 2. The quantitative estimate of drug-likeness (QED) is 0.677. The molecule has 4 rings (SSSR count). The van der Waals surface area contributed by atoms with Gasteiger partial charge in [0.2, 0.25) is 11.8 Å². The first-order chi connectivity index (χ1) is 14.5. The summed E-state index contributed by atoms with van der Waals surface area (Å²) in [4.78, 5) is 25.4. The molecular formula is C22H22N4O4. The maximum absolute atomic E-state index is 13.1. The lowest BCUT2D eigenvalue weighted by Gasteiger charge is -2.24. The van der Waals surface area contributed by atoms with Crippen LogP contribution in [0.4, 0.5) is 11.5 Å². The van der Waals surface area contributed by atoms with Crippen molar-refractivity contribution < 1.29 is 19.1 Å². The van der Waals surface area contributed by atoms with Crippen LogP contribution in [-0.4, -0.2) is 35.8 Å². The van der Waals surface area contributed by atoms with Gasteiger partial charge in [0.1, 0.15) is 23.4 Å². The molecule has 0 aliphatic carbocycles. The lowest BCUT2D eigenvalue weighted by molar-refractivity contribution is -0.125. The first kappa shape index (κ1) is 19.5. The highest BCUT2D eigenvalue weighted by Gasteiger charge is 2.34. The Morgan fingerprint density at radius 3 is 2.57 bits per heavy atom. The van der Waals surface area contributed by atoms with E-state index in [1.165, 1.54) is 7.11 Å². The number of carbonyl (C=O) groups is 2. The Balaban J connectivity index is 1.69. The van der Waals surface area contributed by atoms with Crippen molar-refractivity contribution in [3.8, 4) is 22.8 Å². The van der Waals surface area contributed by atoms with Crippen molar-refractivity contribution in [1.29, 1.82) is 0 Å². The van der Waals surface area contributed by atoms with Crippen molar-refractivity contribution >= 4 is 23.3 Å². The minimum absolute atomic E-state index is 0.00282. The van der Waals surface area contributed by atoms with E-state index in [0.717, 1.165) is 16.9 Å². The van der Waals surface area contributed by atoms with E-state index in [1.54, 1.807) is 30.0 Å². The zero-order valence-electron chi connectivity index (χ0n) is 16.9. The summed E-state index contributed by atoms with van der Waals surface area (Å²) in [5.74, 6) is 1.24. The lowest BCUT2D eigenvalue weighted by Crippen LogP contribution is -2.36. The van der Waals surface area contributed by atoms with E-state index in [1.807, 2.05) is 37.3 Å². The second kappa shape index (κ2) is 7.90. The van der Waals surface area contributed by atoms with Crippen LogP contribution in [0.5, 0.6) is 11.5 Å². The van der Waals surface area contributed by atoms with Crippen molar-refractivity contribution in [2.75, 3.05) is 24.9 Å². The number of ether oxygens (including phenoxy) is 2. The molecule has 2 amide bonds. The van der Waals surface area contributed by atoms with Gasteiger partial charge in [0.05, 0.1) is 32.0 Å². The fraction of sp³-hybridized carbons (Fsp3) is 0.227. The summed E-state index contributed by atoms with van der Waals surface area (Å²) in [6.07, 6.45) is -0.00282. The Hall–Kier alpha value is -3.81. The summed E-state index contributed by atoms with van der Waals surface area (Å²) in [5.41, 5.74) is 2.90. The standard InChI is InChI=1S/C22H22N4O4/c1-13-20(14-8-10-15(29-2)11-9-14)25-26-17(12-19(27)24-21(13)26)22(28)23-16-6-4-5-7-18(16)30-3/h4-11,17H,12H2,1-3H3,(H,23,28)(H,24,27)/t17-/m1/s1. The second-order valence-electron chi connectivity index (χ2n) is 6.95. The Kier molecular flexibility index (Phi) is 5.14. The fourth-order valence-electron chi connectivity index (χ4n) is 3.53. The van der Waals surface area contributed by atoms with Gasteiger partial charge in [-0.2, -0.15) is 5.10 Å². The van der Waals surface area contributed by atoms with E-state index in [9.17, 15) is 9.59 Å². The first-order valence-electron chi connectivity index (χ1n) is 9.49. The zero-order valence-corrected chi connectivity index (χ0v) is 16.9. The molecule has 30 heavy (non-hydrogen) atoms. The van der Waals surface area contributed by atoms with Gasteiger partial charge >= 0.3 is 0 Å². The SMILES string of the molecule is COc1ccc(-c2nn3c(c2C)NC(=O)C[C@@H]3C(=O)Nc2ccccc2OC)cc1. The van der Waals surface area contributed by atoms with Gasteiger partial charge in [-0.3, -0.25) is 9.59 Å². The number of hydrogen-bond donors (Lipinski definition) is 2. The summed E-state index contributed by atoms with van der Waals surface area (Å²) in [6, 6.07) is 13.8. The van der Waals surface area contributed by atoms with Gasteiger partial charge in [0.15, 0.2) is 0 Å². The van der Waals surface area contributed by atoms with Gasteiger partial charge in [-0.1, -0.05) is 12.1 Å². The zero-order chi connectivity index (χ0) is 21.3. The van der Waals surface area contributed by atoms with E-state index in [2.05, 4.69) is 15.7 Å². The normalized spacial score (nSPS) is 15.2. The molecule has 0 spiro atoms. The Labute approximate surface area is 173 Å². The van der Waals surface area contributed by atoms with Crippen LogP contribution in [0.25, 0.3) is 11.3 Å². The van der Waals surface area contributed by atoms with Crippen LogP contribution >= 0.6 is 0 Å². The maximum atomic E-state index is 13.1. The van der Waals surface area contributed by atoms with Gasteiger partial charge in [-0.05, 0) is 43.3 Å².